The van der Waals surface area contributed by atoms with Gasteiger partial charge in [-0.1, -0.05) is 12.1 Å². The van der Waals surface area contributed by atoms with Crippen molar-refractivity contribution >= 4 is 18.3 Å². The molecule has 0 saturated carbocycles. The molecule has 0 spiro atoms. The van der Waals surface area contributed by atoms with Gasteiger partial charge < -0.3 is 5.21 Å². The van der Waals surface area contributed by atoms with E-state index in [0.29, 0.717) is 5.75 Å². The largest absolute Gasteiger partial charge is 0.411 e. The average molecular weight is 119 g/mol. The highest BCUT2D eigenvalue weighted by atomic mass is 32.1. The third-order valence-electron chi connectivity index (χ3n) is 0.732. The van der Waals surface area contributed by atoms with Gasteiger partial charge in [-0.3, -0.25) is 0 Å². The van der Waals surface area contributed by atoms with Gasteiger partial charge in [0.2, 0.25) is 0 Å². The van der Waals surface area contributed by atoms with Crippen molar-refractivity contribution in [2.24, 2.45) is 5.16 Å². The van der Waals surface area contributed by atoms with Gasteiger partial charge in [0.05, 0.1) is 5.71 Å². The Balaban J connectivity index is 3.38. The van der Waals surface area contributed by atoms with Gasteiger partial charge in [0.15, 0.2) is 0 Å². The number of thiol groups is 1. The molecule has 7 heavy (non-hydrogen) atoms. The Morgan fingerprint density at radius 1 is 1.86 bits per heavy atom. The molecule has 0 atom stereocenters. The molecule has 0 unspecified atom stereocenters. The van der Waals surface area contributed by atoms with Gasteiger partial charge in [-0.2, -0.15) is 12.6 Å². The van der Waals surface area contributed by atoms with E-state index in [-0.39, 0.29) is 0 Å². The zero-order chi connectivity index (χ0) is 5.70. The Labute approximate surface area is 48.6 Å². The molecule has 0 aromatic carbocycles. The van der Waals surface area contributed by atoms with Crippen molar-refractivity contribution < 1.29 is 5.21 Å². The van der Waals surface area contributed by atoms with Crippen molar-refractivity contribution in [1.29, 1.82) is 0 Å². The first-order valence-corrected chi connectivity index (χ1v) is 2.79. The number of hydrogen-bond acceptors (Lipinski definition) is 3. The van der Waals surface area contributed by atoms with Gasteiger partial charge in [-0.05, 0) is 6.42 Å². The fourth-order valence-electron chi connectivity index (χ4n) is 0.214. The minimum absolute atomic E-state index is 0.549. The lowest BCUT2D eigenvalue weighted by molar-refractivity contribution is 0.317. The molecule has 0 aliphatic heterocycles. The van der Waals surface area contributed by atoms with Gasteiger partial charge in [0.1, 0.15) is 0 Å². The van der Waals surface area contributed by atoms with E-state index in [1.165, 1.54) is 0 Å². The fourth-order valence-corrected chi connectivity index (χ4v) is 0.501. The van der Waals surface area contributed by atoms with Crippen molar-refractivity contribution in [2.45, 2.75) is 13.3 Å². The summed E-state index contributed by atoms with van der Waals surface area (Å²) in [4.78, 5) is 0. The van der Waals surface area contributed by atoms with Gasteiger partial charge in [-0.15, -0.1) is 0 Å². The zero-order valence-electron chi connectivity index (χ0n) is 4.26. The standard InChI is InChI=1S/C4H9NOS/c1-2-4(3-7)5-6/h6-7H,2-3H2,1H3. The van der Waals surface area contributed by atoms with Crippen molar-refractivity contribution in [1.82, 2.24) is 0 Å². The smallest absolute Gasteiger partial charge is 0.0664 e. The summed E-state index contributed by atoms with van der Waals surface area (Å²) in [6.45, 7) is 1.92. The molecule has 0 fully saturated rings. The molecule has 0 aromatic rings. The predicted octanol–water partition coefficient (Wildman–Crippen LogP) is 1.16. The van der Waals surface area contributed by atoms with E-state index in [1.807, 2.05) is 6.92 Å². The number of oxime groups is 1. The molecular weight excluding hydrogens is 110 g/mol. The average Bonchev–Trinajstić information content (AvgIpc) is 1.72. The molecular formula is C4H9NOS. The molecule has 3 heteroatoms. The second-order valence-corrected chi connectivity index (χ2v) is 1.49. The molecule has 0 saturated heterocycles. The fraction of sp³-hybridized carbons (Fsp3) is 0.750. The highest BCUT2D eigenvalue weighted by Crippen LogP contribution is 1.85. The van der Waals surface area contributed by atoms with Crippen LogP contribution < -0.4 is 0 Å². The van der Waals surface area contributed by atoms with Crippen LogP contribution in [0, 0.1) is 0 Å². The minimum atomic E-state index is 0.549. The van der Waals surface area contributed by atoms with Gasteiger partial charge in [0, 0.05) is 5.75 Å². The molecule has 0 amide bonds. The molecule has 0 aliphatic rings. The first kappa shape index (κ1) is 6.82. The van der Waals surface area contributed by atoms with E-state index in [4.69, 9.17) is 5.21 Å². The molecule has 1 N–H and O–H groups in total. The number of rotatable bonds is 2. The lowest BCUT2D eigenvalue weighted by Crippen LogP contribution is -1.95. The summed E-state index contributed by atoms with van der Waals surface area (Å²) in [7, 11) is 0. The summed E-state index contributed by atoms with van der Waals surface area (Å²) in [5.41, 5.74) is 0.725. The molecule has 0 bridgehead atoms. The number of nitrogens with zero attached hydrogens (tertiary/aromatic N) is 1. The van der Waals surface area contributed by atoms with Crippen LogP contribution in [0.15, 0.2) is 5.16 Å². The van der Waals surface area contributed by atoms with Crippen LogP contribution in [0.1, 0.15) is 13.3 Å². The van der Waals surface area contributed by atoms with E-state index in [9.17, 15) is 0 Å². The molecule has 42 valence electrons. The van der Waals surface area contributed by atoms with Crippen LogP contribution in [-0.2, 0) is 0 Å². The summed E-state index contributed by atoms with van der Waals surface area (Å²) in [5.74, 6) is 0.549. The van der Waals surface area contributed by atoms with Gasteiger partial charge in [-0.25, -0.2) is 0 Å². The zero-order valence-corrected chi connectivity index (χ0v) is 5.15. The third-order valence-corrected chi connectivity index (χ3v) is 1.10. The summed E-state index contributed by atoms with van der Waals surface area (Å²) in [6, 6.07) is 0. The van der Waals surface area contributed by atoms with Crippen molar-refractivity contribution in [3.05, 3.63) is 0 Å². The van der Waals surface area contributed by atoms with Crippen molar-refractivity contribution in [3.8, 4) is 0 Å². The normalized spacial score (nSPS) is 12.0. The summed E-state index contributed by atoms with van der Waals surface area (Å²) < 4.78 is 0. The molecule has 0 aliphatic carbocycles. The van der Waals surface area contributed by atoms with Crippen molar-refractivity contribution in [2.75, 3.05) is 5.75 Å². The van der Waals surface area contributed by atoms with Crippen LogP contribution >= 0.6 is 12.6 Å². The highest BCUT2D eigenvalue weighted by molar-refractivity contribution is 7.81. The maximum atomic E-state index is 8.07. The second kappa shape index (κ2) is 3.99. The topological polar surface area (TPSA) is 32.6 Å². The maximum absolute atomic E-state index is 8.07. The third kappa shape index (κ3) is 2.51. The first-order chi connectivity index (χ1) is 3.35. The first-order valence-electron chi connectivity index (χ1n) is 2.15. The van der Waals surface area contributed by atoms with Gasteiger partial charge in [0.25, 0.3) is 0 Å². The molecule has 0 rings (SSSR count). The van der Waals surface area contributed by atoms with E-state index >= 15 is 0 Å². The van der Waals surface area contributed by atoms with Crippen LogP contribution in [-0.4, -0.2) is 16.7 Å². The Morgan fingerprint density at radius 3 is 2.43 bits per heavy atom. The van der Waals surface area contributed by atoms with Gasteiger partial charge >= 0.3 is 0 Å². The Hall–Kier alpha value is -0.180. The maximum Gasteiger partial charge on any atom is 0.0664 e. The Bertz CT molecular complexity index is 66.1. The summed E-state index contributed by atoms with van der Waals surface area (Å²) in [5, 5.41) is 11.0. The molecule has 2 nitrogen and oxygen atoms in total. The second-order valence-electron chi connectivity index (χ2n) is 1.18. The number of hydrogen-bond donors (Lipinski definition) is 2. The van der Waals surface area contributed by atoms with E-state index in [0.717, 1.165) is 12.1 Å². The summed E-state index contributed by atoms with van der Waals surface area (Å²) in [6.07, 6.45) is 0.778. The molecule has 0 aromatic heterocycles. The monoisotopic (exact) mass is 119 g/mol. The molecule has 0 heterocycles. The van der Waals surface area contributed by atoms with Crippen LogP contribution in [0.3, 0.4) is 0 Å². The van der Waals surface area contributed by atoms with Crippen molar-refractivity contribution in [3.63, 3.8) is 0 Å². The Morgan fingerprint density at radius 2 is 2.43 bits per heavy atom. The van der Waals surface area contributed by atoms with Crippen LogP contribution in [0.25, 0.3) is 0 Å². The van der Waals surface area contributed by atoms with E-state index in [2.05, 4.69) is 17.8 Å². The lowest BCUT2D eigenvalue weighted by atomic mass is 10.3. The van der Waals surface area contributed by atoms with Crippen LogP contribution in [0.4, 0.5) is 0 Å². The summed E-state index contributed by atoms with van der Waals surface area (Å²) >= 11 is 3.88. The Kier molecular flexibility index (Phi) is 3.89. The lowest BCUT2D eigenvalue weighted by Gasteiger charge is -1.89. The van der Waals surface area contributed by atoms with E-state index in [1.54, 1.807) is 0 Å². The predicted molar refractivity (Wildman–Crippen MR) is 33.4 cm³/mol. The SMILES string of the molecule is CCC(CS)=NO. The van der Waals surface area contributed by atoms with Crippen LogP contribution in [0.5, 0.6) is 0 Å². The molecule has 0 radical (unpaired) electrons. The van der Waals surface area contributed by atoms with E-state index < -0.39 is 0 Å². The van der Waals surface area contributed by atoms with Crippen LogP contribution in [0.2, 0.25) is 0 Å². The quantitative estimate of drug-likeness (QED) is 0.243. The highest BCUT2D eigenvalue weighted by Gasteiger charge is 1.87. The minimum Gasteiger partial charge on any atom is -0.411 e.